The first kappa shape index (κ1) is 10.4. The summed E-state index contributed by atoms with van der Waals surface area (Å²) >= 11 is 1.74. The van der Waals surface area contributed by atoms with Crippen molar-refractivity contribution in [1.82, 2.24) is 4.98 Å². The number of carbonyl (C=O) groups excluding carboxylic acids is 1. The molecule has 13 heavy (non-hydrogen) atoms. The highest BCUT2D eigenvalue weighted by atomic mass is 127. The van der Waals surface area contributed by atoms with E-state index in [-0.39, 0.29) is 6.29 Å². The standard InChI is InChI=1S/C7H3F3INO/c8-7(9,10)4-1-2-6(11)12-5(4)3-13/h1-3H. The molecule has 0 aliphatic heterocycles. The molecule has 0 spiro atoms. The summed E-state index contributed by atoms with van der Waals surface area (Å²) in [5, 5.41) is 0. The predicted molar refractivity (Wildman–Crippen MR) is 47.3 cm³/mol. The summed E-state index contributed by atoms with van der Waals surface area (Å²) in [5.41, 5.74) is -1.57. The zero-order chi connectivity index (χ0) is 10.1. The summed E-state index contributed by atoms with van der Waals surface area (Å²) in [6.07, 6.45) is -4.42. The highest BCUT2D eigenvalue weighted by Gasteiger charge is 2.33. The predicted octanol–water partition coefficient (Wildman–Crippen LogP) is 2.52. The summed E-state index contributed by atoms with van der Waals surface area (Å²) in [6, 6.07) is 2.05. The number of rotatable bonds is 1. The minimum Gasteiger partial charge on any atom is -0.296 e. The van der Waals surface area contributed by atoms with Crippen LogP contribution in [0.25, 0.3) is 0 Å². The molecule has 0 amide bonds. The van der Waals surface area contributed by atoms with Crippen LogP contribution in [0.5, 0.6) is 0 Å². The second-order valence-electron chi connectivity index (χ2n) is 2.18. The number of aromatic nitrogens is 1. The lowest BCUT2D eigenvalue weighted by Gasteiger charge is -2.07. The number of hydrogen-bond donors (Lipinski definition) is 0. The summed E-state index contributed by atoms with van der Waals surface area (Å²) in [6.45, 7) is 0. The molecular formula is C7H3F3INO. The molecule has 1 heterocycles. The van der Waals surface area contributed by atoms with Crippen molar-refractivity contribution in [3.05, 3.63) is 27.1 Å². The maximum absolute atomic E-state index is 12.2. The van der Waals surface area contributed by atoms with Crippen molar-refractivity contribution in [3.63, 3.8) is 0 Å². The van der Waals surface area contributed by atoms with Gasteiger partial charge in [-0.25, -0.2) is 4.98 Å². The van der Waals surface area contributed by atoms with Crippen LogP contribution in [0.15, 0.2) is 12.1 Å². The molecule has 6 heteroatoms. The number of aldehydes is 1. The van der Waals surface area contributed by atoms with E-state index in [4.69, 9.17) is 0 Å². The van der Waals surface area contributed by atoms with E-state index in [1.807, 2.05) is 0 Å². The summed E-state index contributed by atoms with van der Waals surface area (Å²) < 4.78 is 36.9. The molecule has 1 aromatic rings. The van der Waals surface area contributed by atoms with Crippen LogP contribution in [0.4, 0.5) is 13.2 Å². The Balaban J connectivity index is 3.29. The van der Waals surface area contributed by atoms with Crippen LogP contribution in [0.3, 0.4) is 0 Å². The van der Waals surface area contributed by atoms with Gasteiger partial charge in [-0.2, -0.15) is 13.2 Å². The molecule has 0 bridgehead atoms. The minimum absolute atomic E-state index is 0.102. The normalized spacial score (nSPS) is 11.4. The van der Waals surface area contributed by atoms with Crippen LogP contribution in [-0.4, -0.2) is 11.3 Å². The Hall–Kier alpha value is -0.660. The number of nitrogens with zero attached hydrogens (tertiary/aromatic N) is 1. The Morgan fingerprint density at radius 1 is 1.38 bits per heavy atom. The first-order valence-electron chi connectivity index (χ1n) is 3.14. The molecule has 0 radical (unpaired) electrons. The smallest absolute Gasteiger partial charge is 0.296 e. The van der Waals surface area contributed by atoms with Gasteiger partial charge in [0.2, 0.25) is 0 Å². The van der Waals surface area contributed by atoms with Crippen molar-refractivity contribution in [3.8, 4) is 0 Å². The maximum Gasteiger partial charge on any atom is 0.418 e. The molecule has 0 saturated carbocycles. The van der Waals surface area contributed by atoms with E-state index in [1.165, 1.54) is 6.07 Å². The van der Waals surface area contributed by atoms with E-state index in [1.54, 1.807) is 22.6 Å². The van der Waals surface area contributed by atoms with Gasteiger partial charge in [0, 0.05) is 0 Å². The van der Waals surface area contributed by atoms with Crippen LogP contribution in [0.1, 0.15) is 16.1 Å². The van der Waals surface area contributed by atoms with Gasteiger partial charge in [0.25, 0.3) is 0 Å². The van der Waals surface area contributed by atoms with Crippen molar-refractivity contribution >= 4 is 28.9 Å². The van der Waals surface area contributed by atoms with Crippen LogP contribution in [0, 0.1) is 3.70 Å². The average molecular weight is 301 g/mol. The van der Waals surface area contributed by atoms with Gasteiger partial charge in [0.05, 0.1) is 5.56 Å². The third-order valence-electron chi connectivity index (χ3n) is 1.31. The third-order valence-corrected chi connectivity index (χ3v) is 1.91. The van der Waals surface area contributed by atoms with E-state index in [2.05, 4.69) is 4.98 Å². The molecule has 0 fully saturated rings. The van der Waals surface area contributed by atoms with Crippen LogP contribution in [0.2, 0.25) is 0 Å². The monoisotopic (exact) mass is 301 g/mol. The molecule has 2 nitrogen and oxygen atoms in total. The molecule has 1 rings (SSSR count). The lowest BCUT2D eigenvalue weighted by atomic mass is 10.2. The molecule has 70 valence electrons. The van der Waals surface area contributed by atoms with Gasteiger partial charge in [0.15, 0.2) is 6.29 Å². The second-order valence-corrected chi connectivity index (χ2v) is 3.29. The number of hydrogen-bond acceptors (Lipinski definition) is 2. The lowest BCUT2D eigenvalue weighted by molar-refractivity contribution is -0.138. The second kappa shape index (κ2) is 3.60. The molecule has 0 atom stereocenters. The zero-order valence-electron chi connectivity index (χ0n) is 6.10. The Morgan fingerprint density at radius 3 is 2.46 bits per heavy atom. The third kappa shape index (κ3) is 2.39. The molecule has 0 aliphatic carbocycles. The number of carbonyl (C=O) groups is 1. The van der Waals surface area contributed by atoms with Crippen molar-refractivity contribution < 1.29 is 18.0 Å². The van der Waals surface area contributed by atoms with E-state index in [0.29, 0.717) is 3.70 Å². The quantitative estimate of drug-likeness (QED) is 0.453. The largest absolute Gasteiger partial charge is 0.418 e. The molecule has 0 unspecified atom stereocenters. The topological polar surface area (TPSA) is 30.0 Å². The highest BCUT2D eigenvalue weighted by molar-refractivity contribution is 14.1. The van der Waals surface area contributed by atoms with E-state index < -0.39 is 17.4 Å². The van der Waals surface area contributed by atoms with E-state index >= 15 is 0 Å². The number of halogens is 4. The van der Waals surface area contributed by atoms with Crippen LogP contribution >= 0.6 is 22.6 Å². The fourth-order valence-corrected chi connectivity index (χ4v) is 1.22. The molecule has 1 aromatic heterocycles. The van der Waals surface area contributed by atoms with Crippen molar-refractivity contribution in [2.75, 3.05) is 0 Å². The van der Waals surface area contributed by atoms with Gasteiger partial charge in [-0.15, -0.1) is 0 Å². The Kier molecular flexibility index (Phi) is 2.89. The molecular weight excluding hydrogens is 298 g/mol. The van der Waals surface area contributed by atoms with Crippen molar-refractivity contribution in [2.24, 2.45) is 0 Å². The molecule has 0 saturated heterocycles. The van der Waals surface area contributed by atoms with Crippen molar-refractivity contribution in [1.29, 1.82) is 0 Å². The maximum atomic E-state index is 12.2. The number of alkyl halides is 3. The van der Waals surface area contributed by atoms with Crippen LogP contribution < -0.4 is 0 Å². The SMILES string of the molecule is O=Cc1nc(I)ccc1C(F)(F)F. The molecule has 0 N–H and O–H groups in total. The fourth-order valence-electron chi connectivity index (χ4n) is 0.780. The first-order chi connectivity index (χ1) is 5.95. The molecule has 0 aliphatic rings. The Morgan fingerprint density at radius 2 is 2.00 bits per heavy atom. The molecule has 0 aromatic carbocycles. The lowest BCUT2D eigenvalue weighted by Crippen LogP contribution is -2.10. The Labute approximate surface area is 85.3 Å². The average Bonchev–Trinajstić information content (AvgIpc) is 2.01. The minimum atomic E-state index is -4.52. The number of pyridine rings is 1. The van der Waals surface area contributed by atoms with Gasteiger partial charge in [-0.05, 0) is 34.7 Å². The Bertz CT molecular complexity index is 337. The van der Waals surface area contributed by atoms with Gasteiger partial charge >= 0.3 is 6.18 Å². The fraction of sp³-hybridized carbons (Fsp3) is 0.143. The van der Waals surface area contributed by atoms with Crippen molar-refractivity contribution in [2.45, 2.75) is 6.18 Å². The summed E-state index contributed by atoms with van der Waals surface area (Å²) in [4.78, 5) is 13.7. The van der Waals surface area contributed by atoms with Gasteiger partial charge < -0.3 is 0 Å². The summed E-state index contributed by atoms with van der Waals surface area (Å²) in [5.74, 6) is 0. The first-order valence-corrected chi connectivity index (χ1v) is 4.22. The van der Waals surface area contributed by atoms with Gasteiger partial charge in [0.1, 0.15) is 9.39 Å². The van der Waals surface area contributed by atoms with Gasteiger partial charge in [-0.1, -0.05) is 0 Å². The van der Waals surface area contributed by atoms with E-state index in [0.717, 1.165) is 6.07 Å². The van der Waals surface area contributed by atoms with Crippen LogP contribution in [-0.2, 0) is 6.18 Å². The van der Waals surface area contributed by atoms with E-state index in [9.17, 15) is 18.0 Å². The zero-order valence-corrected chi connectivity index (χ0v) is 8.26. The summed E-state index contributed by atoms with van der Waals surface area (Å²) in [7, 11) is 0. The van der Waals surface area contributed by atoms with Gasteiger partial charge in [-0.3, -0.25) is 4.79 Å². The highest BCUT2D eigenvalue weighted by Crippen LogP contribution is 2.30.